The van der Waals surface area contributed by atoms with Gasteiger partial charge < -0.3 is 9.64 Å². The maximum atomic E-state index is 12.8. The summed E-state index contributed by atoms with van der Waals surface area (Å²) in [5.74, 6) is 1.02. The fourth-order valence-corrected chi connectivity index (χ4v) is 5.62. The maximum absolute atomic E-state index is 12.8. The molecule has 7 heteroatoms. The highest BCUT2D eigenvalue weighted by Gasteiger charge is 2.31. The number of aliphatic imine (C=N–C) groups is 1. The van der Waals surface area contributed by atoms with Crippen LogP contribution in [0.15, 0.2) is 53.5 Å². The number of nitrogens with zero attached hydrogens (tertiary/aromatic N) is 2. The normalized spacial score (nSPS) is 17.8. The van der Waals surface area contributed by atoms with Gasteiger partial charge in [0.2, 0.25) is 0 Å². The highest BCUT2D eigenvalue weighted by Crippen LogP contribution is 2.32. The Kier molecular flexibility index (Phi) is 6.25. The minimum Gasteiger partial charge on any atom is -0.452 e. The van der Waals surface area contributed by atoms with E-state index in [1.807, 2.05) is 49.4 Å². The van der Waals surface area contributed by atoms with Crippen LogP contribution in [0.25, 0.3) is 0 Å². The van der Waals surface area contributed by atoms with Gasteiger partial charge in [-0.2, -0.15) is 0 Å². The number of fused-ring (bicyclic) bond motifs is 1. The molecule has 5 nitrogen and oxygen atoms in total. The molecule has 2 heterocycles. The maximum Gasteiger partial charge on any atom is 0.338 e. The minimum absolute atomic E-state index is 0.0620. The molecule has 2 aliphatic rings. The topological polar surface area (TPSA) is 59.0 Å². The van der Waals surface area contributed by atoms with Crippen molar-refractivity contribution in [3.05, 3.63) is 65.2 Å². The summed E-state index contributed by atoms with van der Waals surface area (Å²) in [6, 6.07) is 15.3. The van der Waals surface area contributed by atoms with E-state index in [0.29, 0.717) is 11.3 Å². The number of rotatable bonds is 5. The molecule has 2 aromatic carbocycles. The van der Waals surface area contributed by atoms with Gasteiger partial charge in [0.05, 0.1) is 12.1 Å². The van der Waals surface area contributed by atoms with Gasteiger partial charge in [-0.1, -0.05) is 59.9 Å². The lowest BCUT2D eigenvalue weighted by atomic mass is 10.1. The van der Waals surface area contributed by atoms with Crippen LogP contribution in [0.5, 0.6) is 0 Å². The Labute approximate surface area is 178 Å². The van der Waals surface area contributed by atoms with E-state index >= 15 is 0 Å². The average Bonchev–Trinajstić information content (AvgIpc) is 3.37. The Balaban J connectivity index is 1.39. The molecule has 4 rings (SSSR count). The predicted molar refractivity (Wildman–Crippen MR) is 120 cm³/mol. The number of para-hydroxylation sites is 1. The molecule has 1 unspecified atom stereocenters. The first-order valence-corrected chi connectivity index (χ1v) is 11.6. The zero-order valence-corrected chi connectivity index (χ0v) is 17.8. The second-order valence-corrected chi connectivity index (χ2v) is 9.27. The van der Waals surface area contributed by atoms with E-state index in [1.165, 1.54) is 0 Å². The van der Waals surface area contributed by atoms with E-state index in [1.54, 1.807) is 34.5 Å². The summed E-state index contributed by atoms with van der Waals surface area (Å²) in [5, 5.41) is 0. The summed E-state index contributed by atoms with van der Waals surface area (Å²) in [4.78, 5) is 31.6. The zero-order chi connectivity index (χ0) is 20.2. The Bertz CT molecular complexity index is 961. The summed E-state index contributed by atoms with van der Waals surface area (Å²) in [7, 11) is 0. The molecular formula is C22H22N2O3S2. The lowest BCUT2D eigenvalue weighted by Crippen LogP contribution is -2.38. The first-order valence-electron chi connectivity index (χ1n) is 9.58. The van der Waals surface area contributed by atoms with Crippen LogP contribution < -0.4 is 4.90 Å². The van der Waals surface area contributed by atoms with Crippen molar-refractivity contribution in [1.82, 2.24) is 0 Å². The molecule has 0 N–H and O–H groups in total. The van der Waals surface area contributed by atoms with Gasteiger partial charge in [0.25, 0.3) is 5.91 Å². The quantitative estimate of drug-likeness (QED) is 0.672. The third-order valence-corrected chi connectivity index (χ3v) is 7.25. The molecule has 0 radical (unpaired) electrons. The molecule has 0 fully saturated rings. The molecule has 2 aliphatic heterocycles. The number of carbonyl (C=O) groups is 2. The van der Waals surface area contributed by atoms with Crippen molar-refractivity contribution in [3.8, 4) is 0 Å². The van der Waals surface area contributed by atoms with Crippen molar-refractivity contribution in [1.29, 1.82) is 0 Å². The molecule has 0 aromatic heterocycles. The van der Waals surface area contributed by atoms with Crippen LogP contribution >= 0.6 is 23.5 Å². The SMILES string of the molecule is CC1Cc2ccccc2N1C(=O)COC(=O)c1ccccc1CSC1=NCCS1. The van der Waals surface area contributed by atoms with E-state index in [2.05, 4.69) is 4.99 Å². The highest BCUT2D eigenvalue weighted by atomic mass is 32.2. The van der Waals surface area contributed by atoms with Crippen LogP contribution in [0.1, 0.15) is 28.4 Å². The molecule has 29 heavy (non-hydrogen) atoms. The van der Waals surface area contributed by atoms with Gasteiger partial charge in [-0.3, -0.25) is 9.79 Å². The molecule has 1 atom stereocenters. The molecule has 0 aliphatic carbocycles. The zero-order valence-electron chi connectivity index (χ0n) is 16.2. The molecule has 0 spiro atoms. The fraction of sp³-hybridized carbons (Fsp3) is 0.318. The number of hydrogen-bond acceptors (Lipinski definition) is 6. The van der Waals surface area contributed by atoms with Crippen molar-refractivity contribution in [3.63, 3.8) is 0 Å². The molecule has 150 valence electrons. The number of amides is 1. The van der Waals surface area contributed by atoms with E-state index in [0.717, 1.165) is 39.9 Å². The summed E-state index contributed by atoms with van der Waals surface area (Å²) >= 11 is 3.38. The predicted octanol–water partition coefficient (Wildman–Crippen LogP) is 4.16. The van der Waals surface area contributed by atoms with Gasteiger partial charge in [0.1, 0.15) is 4.38 Å². The third-order valence-electron chi connectivity index (χ3n) is 4.95. The van der Waals surface area contributed by atoms with Crippen LogP contribution in [-0.4, -0.2) is 41.2 Å². The number of esters is 1. The van der Waals surface area contributed by atoms with Crippen molar-refractivity contribution in [2.24, 2.45) is 4.99 Å². The summed E-state index contributed by atoms with van der Waals surface area (Å²) in [6.45, 7) is 2.61. The van der Waals surface area contributed by atoms with Crippen molar-refractivity contribution < 1.29 is 14.3 Å². The van der Waals surface area contributed by atoms with Crippen molar-refractivity contribution in [2.75, 3.05) is 23.8 Å². The smallest absolute Gasteiger partial charge is 0.338 e. The van der Waals surface area contributed by atoms with Gasteiger partial charge >= 0.3 is 5.97 Å². The second-order valence-electron chi connectivity index (χ2n) is 6.96. The monoisotopic (exact) mass is 426 g/mol. The second kappa shape index (κ2) is 9.05. The lowest BCUT2D eigenvalue weighted by Gasteiger charge is -2.22. The number of carbonyl (C=O) groups excluding carboxylic acids is 2. The Hall–Kier alpha value is -2.25. The molecule has 2 aromatic rings. The van der Waals surface area contributed by atoms with E-state index in [9.17, 15) is 9.59 Å². The van der Waals surface area contributed by atoms with E-state index in [4.69, 9.17) is 4.74 Å². The minimum atomic E-state index is -0.462. The Morgan fingerprint density at radius 1 is 1.21 bits per heavy atom. The summed E-state index contributed by atoms with van der Waals surface area (Å²) < 4.78 is 6.46. The number of ether oxygens (including phenoxy) is 1. The molecule has 0 saturated carbocycles. The summed E-state index contributed by atoms with van der Waals surface area (Å²) in [5.41, 5.74) is 3.46. The molecule has 0 saturated heterocycles. The molecular weight excluding hydrogens is 404 g/mol. The van der Waals surface area contributed by atoms with Gasteiger partial charge in [-0.25, -0.2) is 4.79 Å². The summed E-state index contributed by atoms with van der Waals surface area (Å²) in [6.07, 6.45) is 0.817. The highest BCUT2D eigenvalue weighted by molar-refractivity contribution is 8.38. The van der Waals surface area contributed by atoms with Gasteiger partial charge in [0.15, 0.2) is 6.61 Å². The van der Waals surface area contributed by atoms with Crippen LogP contribution in [-0.2, 0) is 21.7 Å². The van der Waals surface area contributed by atoms with E-state index in [-0.39, 0.29) is 18.6 Å². The standard InChI is InChI=1S/C22H22N2O3S2/c1-15-12-16-6-3-5-9-19(16)24(15)20(25)13-27-21(26)18-8-4-2-7-17(18)14-29-22-23-10-11-28-22/h2-9,15H,10-14H2,1H3. The van der Waals surface area contributed by atoms with Gasteiger partial charge in [-0.15, -0.1) is 0 Å². The molecule has 1 amide bonds. The van der Waals surface area contributed by atoms with Crippen LogP contribution in [0.4, 0.5) is 5.69 Å². The van der Waals surface area contributed by atoms with Crippen LogP contribution in [0, 0.1) is 0 Å². The number of benzene rings is 2. The Morgan fingerprint density at radius 2 is 2.00 bits per heavy atom. The number of hydrogen-bond donors (Lipinski definition) is 0. The number of anilines is 1. The fourth-order valence-electron chi connectivity index (χ4n) is 3.61. The first kappa shape index (κ1) is 20.0. The van der Waals surface area contributed by atoms with Gasteiger partial charge in [0, 0.05) is 23.2 Å². The van der Waals surface area contributed by atoms with Gasteiger partial charge in [-0.05, 0) is 36.6 Å². The first-order chi connectivity index (χ1) is 14.1. The largest absolute Gasteiger partial charge is 0.452 e. The van der Waals surface area contributed by atoms with Crippen molar-refractivity contribution >= 4 is 45.5 Å². The average molecular weight is 427 g/mol. The van der Waals surface area contributed by atoms with E-state index < -0.39 is 5.97 Å². The lowest BCUT2D eigenvalue weighted by molar-refractivity contribution is -0.122. The van der Waals surface area contributed by atoms with Crippen molar-refractivity contribution in [2.45, 2.75) is 25.1 Å². The van der Waals surface area contributed by atoms with Crippen LogP contribution in [0.3, 0.4) is 0 Å². The molecule has 0 bridgehead atoms. The van der Waals surface area contributed by atoms with Crippen LogP contribution in [0.2, 0.25) is 0 Å². The number of thioether (sulfide) groups is 2. The Morgan fingerprint density at radius 3 is 2.83 bits per heavy atom. The third kappa shape index (κ3) is 4.51.